The SMILES string of the molecule is c1ccc(C(CN2CCCC(N3CCCC3)C2)c2ccccc2)cc1. The summed E-state index contributed by atoms with van der Waals surface area (Å²) in [6, 6.07) is 22.9. The van der Waals surface area contributed by atoms with E-state index in [9.17, 15) is 0 Å². The molecule has 0 radical (unpaired) electrons. The lowest BCUT2D eigenvalue weighted by Gasteiger charge is -2.39. The second-order valence-electron chi connectivity index (χ2n) is 7.67. The van der Waals surface area contributed by atoms with Crippen LogP contribution in [0.1, 0.15) is 42.7 Å². The van der Waals surface area contributed by atoms with Crippen molar-refractivity contribution < 1.29 is 0 Å². The Hall–Kier alpha value is -1.64. The van der Waals surface area contributed by atoms with Gasteiger partial charge in [0.15, 0.2) is 0 Å². The van der Waals surface area contributed by atoms with Gasteiger partial charge in [-0.25, -0.2) is 0 Å². The minimum absolute atomic E-state index is 0.472. The zero-order valence-electron chi connectivity index (χ0n) is 15.2. The maximum Gasteiger partial charge on any atom is 0.0223 e. The summed E-state index contributed by atoms with van der Waals surface area (Å²) in [7, 11) is 0. The van der Waals surface area contributed by atoms with Crippen LogP contribution in [0, 0.1) is 0 Å². The predicted molar refractivity (Wildman–Crippen MR) is 105 cm³/mol. The first-order valence-electron chi connectivity index (χ1n) is 9.96. The molecular weight excluding hydrogens is 304 g/mol. The second kappa shape index (κ2) is 8.16. The van der Waals surface area contributed by atoms with Crippen LogP contribution in [0.3, 0.4) is 0 Å². The minimum atomic E-state index is 0.472. The van der Waals surface area contributed by atoms with Gasteiger partial charge >= 0.3 is 0 Å². The molecule has 2 aliphatic rings. The molecule has 2 aliphatic heterocycles. The van der Waals surface area contributed by atoms with Crippen molar-refractivity contribution in [3.05, 3.63) is 71.8 Å². The van der Waals surface area contributed by atoms with E-state index in [1.54, 1.807) is 0 Å². The van der Waals surface area contributed by atoms with Gasteiger partial charge in [-0.2, -0.15) is 0 Å². The Morgan fingerprint density at radius 3 is 1.96 bits per heavy atom. The third kappa shape index (κ3) is 4.13. The van der Waals surface area contributed by atoms with Crippen LogP contribution in [0.25, 0.3) is 0 Å². The van der Waals surface area contributed by atoms with Crippen LogP contribution in [0.15, 0.2) is 60.7 Å². The molecule has 132 valence electrons. The fraction of sp³-hybridized carbons (Fsp3) is 0.478. The summed E-state index contributed by atoms with van der Waals surface area (Å²) in [5, 5.41) is 0. The van der Waals surface area contributed by atoms with Crippen LogP contribution in [0.2, 0.25) is 0 Å². The van der Waals surface area contributed by atoms with Crippen LogP contribution >= 0.6 is 0 Å². The third-order valence-electron chi connectivity index (χ3n) is 5.98. The summed E-state index contributed by atoms with van der Waals surface area (Å²) in [6.45, 7) is 6.27. The van der Waals surface area contributed by atoms with Crippen LogP contribution in [-0.4, -0.2) is 48.6 Å². The number of likely N-dealkylation sites (tertiary alicyclic amines) is 2. The summed E-state index contributed by atoms with van der Waals surface area (Å²) in [5.41, 5.74) is 2.88. The van der Waals surface area contributed by atoms with Gasteiger partial charge in [-0.3, -0.25) is 4.90 Å². The van der Waals surface area contributed by atoms with Crippen molar-refractivity contribution >= 4 is 0 Å². The monoisotopic (exact) mass is 334 g/mol. The molecule has 4 rings (SSSR count). The van der Waals surface area contributed by atoms with Crippen LogP contribution < -0.4 is 0 Å². The van der Waals surface area contributed by atoms with E-state index in [0.717, 1.165) is 12.6 Å². The topological polar surface area (TPSA) is 6.48 Å². The number of hydrogen-bond donors (Lipinski definition) is 0. The van der Waals surface area contributed by atoms with Crippen molar-refractivity contribution in [1.29, 1.82) is 0 Å². The van der Waals surface area contributed by atoms with E-state index < -0.39 is 0 Å². The third-order valence-corrected chi connectivity index (χ3v) is 5.98. The summed E-state index contributed by atoms with van der Waals surface area (Å²) in [4.78, 5) is 5.46. The van der Waals surface area contributed by atoms with Crippen molar-refractivity contribution in [2.45, 2.75) is 37.6 Å². The number of hydrogen-bond acceptors (Lipinski definition) is 2. The number of nitrogens with zero attached hydrogens (tertiary/aromatic N) is 2. The lowest BCUT2D eigenvalue weighted by atomic mass is 9.90. The highest BCUT2D eigenvalue weighted by Crippen LogP contribution is 2.28. The quantitative estimate of drug-likeness (QED) is 0.801. The van der Waals surface area contributed by atoms with Crippen molar-refractivity contribution in [1.82, 2.24) is 9.80 Å². The molecule has 0 spiro atoms. The number of benzene rings is 2. The first-order valence-corrected chi connectivity index (χ1v) is 9.96. The maximum atomic E-state index is 2.74. The van der Waals surface area contributed by atoms with E-state index in [0.29, 0.717) is 5.92 Å². The van der Waals surface area contributed by atoms with Crippen LogP contribution in [0.5, 0.6) is 0 Å². The van der Waals surface area contributed by atoms with Gasteiger partial charge in [0.25, 0.3) is 0 Å². The Kier molecular flexibility index (Phi) is 5.49. The summed E-state index contributed by atoms with van der Waals surface area (Å²) in [5.74, 6) is 0.472. The predicted octanol–water partition coefficient (Wildman–Crippen LogP) is 4.38. The first kappa shape index (κ1) is 16.8. The van der Waals surface area contributed by atoms with E-state index in [4.69, 9.17) is 0 Å². The molecule has 0 aliphatic carbocycles. The summed E-state index contributed by atoms with van der Waals surface area (Å²) < 4.78 is 0. The lowest BCUT2D eigenvalue weighted by Crippen LogP contribution is -2.47. The largest absolute Gasteiger partial charge is 0.301 e. The van der Waals surface area contributed by atoms with Crippen molar-refractivity contribution in [3.8, 4) is 0 Å². The Labute approximate surface area is 152 Å². The van der Waals surface area contributed by atoms with Crippen LogP contribution in [-0.2, 0) is 0 Å². The zero-order valence-corrected chi connectivity index (χ0v) is 15.2. The van der Waals surface area contributed by atoms with Crippen molar-refractivity contribution in [2.24, 2.45) is 0 Å². The normalized spacial score (nSPS) is 22.5. The average molecular weight is 335 g/mol. The second-order valence-corrected chi connectivity index (χ2v) is 7.67. The molecule has 0 N–H and O–H groups in total. The van der Waals surface area contributed by atoms with Crippen LogP contribution in [0.4, 0.5) is 0 Å². The molecule has 2 heterocycles. The fourth-order valence-corrected chi connectivity index (χ4v) is 4.63. The molecule has 25 heavy (non-hydrogen) atoms. The smallest absolute Gasteiger partial charge is 0.0223 e. The zero-order chi connectivity index (χ0) is 16.9. The number of rotatable bonds is 5. The molecule has 0 bridgehead atoms. The van der Waals surface area contributed by atoms with Crippen molar-refractivity contribution in [3.63, 3.8) is 0 Å². The molecular formula is C23H30N2. The van der Waals surface area contributed by atoms with E-state index >= 15 is 0 Å². The molecule has 2 fully saturated rings. The van der Waals surface area contributed by atoms with Gasteiger partial charge in [-0.05, 0) is 56.4 Å². The number of piperidine rings is 1. The molecule has 2 heteroatoms. The van der Waals surface area contributed by atoms with Gasteiger partial charge in [-0.1, -0.05) is 60.7 Å². The van der Waals surface area contributed by atoms with Gasteiger partial charge in [0.05, 0.1) is 0 Å². The molecule has 2 nitrogen and oxygen atoms in total. The van der Waals surface area contributed by atoms with Gasteiger partial charge in [0.1, 0.15) is 0 Å². The van der Waals surface area contributed by atoms with E-state index in [-0.39, 0.29) is 0 Å². The molecule has 2 saturated heterocycles. The summed E-state index contributed by atoms with van der Waals surface area (Å²) >= 11 is 0. The van der Waals surface area contributed by atoms with Crippen molar-refractivity contribution in [2.75, 3.05) is 32.7 Å². The molecule has 2 aromatic carbocycles. The van der Waals surface area contributed by atoms with Gasteiger partial charge in [0.2, 0.25) is 0 Å². The molecule has 0 saturated carbocycles. The first-order chi connectivity index (χ1) is 12.4. The standard InChI is InChI=1S/C23H30N2/c1-3-10-20(11-4-1)23(21-12-5-2-6-13-21)19-24-15-9-14-22(18-24)25-16-7-8-17-25/h1-6,10-13,22-23H,7-9,14-19H2. The van der Waals surface area contributed by atoms with E-state index in [2.05, 4.69) is 70.5 Å². The Balaban J connectivity index is 1.50. The molecule has 0 aromatic heterocycles. The summed E-state index contributed by atoms with van der Waals surface area (Å²) in [6.07, 6.45) is 5.52. The Morgan fingerprint density at radius 1 is 0.760 bits per heavy atom. The molecule has 1 atom stereocenters. The van der Waals surface area contributed by atoms with Gasteiger partial charge in [0, 0.05) is 25.0 Å². The maximum absolute atomic E-state index is 2.74. The fourth-order valence-electron chi connectivity index (χ4n) is 4.63. The Bertz CT molecular complexity index is 594. The van der Waals surface area contributed by atoms with E-state index in [1.165, 1.54) is 63.0 Å². The highest BCUT2D eigenvalue weighted by molar-refractivity contribution is 5.32. The lowest BCUT2D eigenvalue weighted by molar-refractivity contribution is 0.113. The molecule has 1 unspecified atom stereocenters. The average Bonchev–Trinajstić information content (AvgIpc) is 3.23. The van der Waals surface area contributed by atoms with Gasteiger partial charge in [-0.15, -0.1) is 0 Å². The van der Waals surface area contributed by atoms with E-state index in [1.807, 2.05) is 0 Å². The van der Waals surface area contributed by atoms with Gasteiger partial charge < -0.3 is 4.90 Å². The minimum Gasteiger partial charge on any atom is -0.301 e. The highest BCUT2D eigenvalue weighted by atomic mass is 15.2. The molecule has 0 amide bonds. The highest BCUT2D eigenvalue weighted by Gasteiger charge is 2.28. The Morgan fingerprint density at radius 2 is 1.36 bits per heavy atom. The molecule has 2 aromatic rings.